The molecule has 0 heterocycles. The van der Waals surface area contributed by atoms with Gasteiger partial charge < -0.3 is 5.32 Å². The van der Waals surface area contributed by atoms with Gasteiger partial charge in [-0.3, -0.25) is 0 Å². The Bertz CT molecular complexity index is 336. The van der Waals surface area contributed by atoms with E-state index >= 15 is 0 Å². The minimum Gasteiger partial charge on any atom is -0.312 e. The van der Waals surface area contributed by atoms with Gasteiger partial charge in [-0.25, -0.2) is 0 Å². The Balaban J connectivity index is 1.78. The first kappa shape index (κ1) is 11.4. The van der Waals surface area contributed by atoms with Crippen molar-refractivity contribution < 1.29 is 0 Å². The van der Waals surface area contributed by atoms with Crippen molar-refractivity contribution in [1.82, 2.24) is 5.32 Å². The highest BCUT2D eigenvalue weighted by Gasteiger charge is 2.40. The lowest BCUT2D eigenvalue weighted by molar-refractivity contribution is 0.505. The van der Waals surface area contributed by atoms with Gasteiger partial charge in [0.2, 0.25) is 0 Å². The van der Waals surface area contributed by atoms with Crippen LogP contribution in [0.4, 0.5) is 0 Å². The molecule has 1 aliphatic carbocycles. The summed E-state index contributed by atoms with van der Waals surface area (Å²) in [7, 11) is 0. The van der Waals surface area contributed by atoms with Crippen LogP contribution in [0.5, 0.6) is 0 Å². The smallest absolute Gasteiger partial charge is 0.0292 e. The lowest BCUT2D eigenvalue weighted by Crippen LogP contribution is -2.24. The molecule has 0 saturated heterocycles. The predicted molar refractivity (Wildman–Crippen MR) is 68.2 cm³/mol. The van der Waals surface area contributed by atoms with Crippen LogP contribution >= 0.6 is 27.5 Å². The minimum atomic E-state index is 0.410. The molecule has 1 fully saturated rings. The van der Waals surface area contributed by atoms with Crippen LogP contribution in [0.25, 0.3) is 0 Å². The van der Waals surface area contributed by atoms with Crippen LogP contribution in [0.2, 0.25) is 0 Å². The van der Waals surface area contributed by atoms with E-state index in [-0.39, 0.29) is 0 Å². The molecular formula is C12H15BrClN. The topological polar surface area (TPSA) is 12.0 Å². The summed E-state index contributed by atoms with van der Waals surface area (Å²) >= 11 is 9.39. The molecule has 2 rings (SSSR count). The Morgan fingerprint density at radius 1 is 1.40 bits per heavy atom. The molecule has 0 aromatic heterocycles. The average molecular weight is 289 g/mol. The molecule has 1 aliphatic rings. The van der Waals surface area contributed by atoms with Crippen LogP contribution in [0.15, 0.2) is 28.7 Å². The van der Waals surface area contributed by atoms with Gasteiger partial charge in [-0.1, -0.05) is 28.1 Å². The van der Waals surface area contributed by atoms with Crippen LogP contribution in [0.3, 0.4) is 0 Å². The Hall–Kier alpha value is -0.0500. The lowest BCUT2D eigenvalue weighted by atomic mass is 10.1. The monoisotopic (exact) mass is 287 g/mol. The van der Waals surface area contributed by atoms with Crippen LogP contribution < -0.4 is 5.32 Å². The fourth-order valence-corrected chi connectivity index (χ4v) is 2.46. The number of alkyl halides is 1. The van der Waals surface area contributed by atoms with Crippen molar-refractivity contribution in [1.29, 1.82) is 0 Å². The molecule has 0 aliphatic heterocycles. The zero-order valence-corrected chi connectivity index (χ0v) is 10.9. The molecule has 1 saturated carbocycles. The summed E-state index contributed by atoms with van der Waals surface area (Å²) in [4.78, 5) is 0. The van der Waals surface area contributed by atoms with Gasteiger partial charge in [0, 0.05) is 23.4 Å². The normalized spacial score (nSPS) is 17.7. The average Bonchev–Trinajstić information content (AvgIpc) is 2.99. The Morgan fingerprint density at radius 2 is 2.20 bits per heavy atom. The summed E-state index contributed by atoms with van der Waals surface area (Å²) in [6.07, 6.45) is 2.56. The predicted octanol–water partition coefficient (Wildman–Crippen LogP) is 3.56. The van der Waals surface area contributed by atoms with Gasteiger partial charge in [0.25, 0.3) is 0 Å². The Kier molecular flexibility index (Phi) is 3.70. The fourth-order valence-electron chi connectivity index (χ4n) is 1.65. The van der Waals surface area contributed by atoms with E-state index in [1.807, 2.05) is 6.07 Å². The Morgan fingerprint density at radius 3 is 2.80 bits per heavy atom. The quantitative estimate of drug-likeness (QED) is 0.817. The van der Waals surface area contributed by atoms with Gasteiger partial charge >= 0.3 is 0 Å². The number of benzene rings is 1. The van der Waals surface area contributed by atoms with E-state index in [4.69, 9.17) is 11.6 Å². The summed E-state index contributed by atoms with van der Waals surface area (Å²) in [6, 6.07) is 8.39. The molecule has 82 valence electrons. The molecule has 0 unspecified atom stereocenters. The standard InChI is InChI=1S/C12H15BrClN/c13-11-3-1-2-10(6-11)7-15-9-12(8-14)4-5-12/h1-3,6,15H,4-5,7-9H2. The second-order valence-corrected chi connectivity index (χ2v) is 5.55. The van der Waals surface area contributed by atoms with Crippen molar-refractivity contribution in [2.75, 3.05) is 12.4 Å². The minimum absolute atomic E-state index is 0.410. The summed E-state index contributed by atoms with van der Waals surface area (Å²) in [5, 5.41) is 3.48. The molecule has 0 atom stereocenters. The molecule has 15 heavy (non-hydrogen) atoms. The first-order valence-corrected chi connectivity index (χ1v) is 6.58. The van der Waals surface area contributed by atoms with Gasteiger partial charge in [0.15, 0.2) is 0 Å². The first-order valence-electron chi connectivity index (χ1n) is 5.25. The SMILES string of the molecule is ClCC1(CNCc2cccc(Br)c2)CC1. The van der Waals surface area contributed by atoms with Crippen molar-refractivity contribution in [3.05, 3.63) is 34.3 Å². The molecule has 0 bridgehead atoms. The second-order valence-electron chi connectivity index (χ2n) is 4.37. The first-order chi connectivity index (χ1) is 7.24. The largest absolute Gasteiger partial charge is 0.312 e. The van der Waals surface area contributed by atoms with Crippen LogP contribution in [-0.2, 0) is 6.54 Å². The van der Waals surface area contributed by atoms with E-state index < -0.39 is 0 Å². The van der Waals surface area contributed by atoms with E-state index in [2.05, 4.69) is 39.4 Å². The van der Waals surface area contributed by atoms with E-state index in [1.54, 1.807) is 0 Å². The van der Waals surface area contributed by atoms with Crippen LogP contribution in [0, 0.1) is 5.41 Å². The third kappa shape index (κ3) is 3.20. The summed E-state index contributed by atoms with van der Waals surface area (Å²) in [6.45, 7) is 1.97. The van der Waals surface area contributed by atoms with E-state index in [0.29, 0.717) is 5.41 Å². The van der Waals surface area contributed by atoms with Crippen molar-refractivity contribution in [2.24, 2.45) is 5.41 Å². The maximum Gasteiger partial charge on any atom is 0.0292 e. The van der Waals surface area contributed by atoms with E-state index in [9.17, 15) is 0 Å². The number of hydrogen-bond donors (Lipinski definition) is 1. The van der Waals surface area contributed by atoms with Crippen molar-refractivity contribution in [3.8, 4) is 0 Å². The molecule has 1 aromatic carbocycles. The molecule has 0 amide bonds. The maximum absolute atomic E-state index is 5.92. The summed E-state index contributed by atoms with van der Waals surface area (Å²) < 4.78 is 1.14. The van der Waals surface area contributed by atoms with Crippen molar-refractivity contribution in [3.63, 3.8) is 0 Å². The van der Waals surface area contributed by atoms with Crippen molar-refractivity contribution >= 4 is 27.5 Å². The lowest BCUT2D eigenvalue weighted by Gasteiger charge is -2.12. The van der Waals surface area contributed by atoms with Gasteiger partial charge in [-0.15, -0.1) is 11.6 Å². The van der Waals surface area contributed by atoms with Crippen LogP contribution in [-0.4, -0.2) is 12.4 Å². The van der Waals surface area contributed by atoms with Gasteiger partial charge in [-0.05, 0) is 36.0 Å². The highest BCUT2D eigenvalue weighted by atomic mass is 79.9. The number of halogens is 2. The van der Waals surface area contributed by atoms with E-state index in [0.717, 1.165) is 23.4 Å². The number of rotatable bonds is 5. The molecule has 1 N–H and O–H groups in total. The van der Waals surface area contributed by atoms with Gasteiger partial charge in [-0.2, -0.15) is 0 Å². The zero-order valence-electron chi connectivity index (χ0n) is 8.60. The van der Waals surface area contributed by atoms with E-state index in [1.165, 1.54) is 18.4 Å². The third-order valence-corrected chi connectivity index (χ3v) is 4.02. The molecule has 1 aromatic rings. The molecule has 0 radical (unpaired) electrons. The van der Waals surface area contributed by atoms with Crippen LogP contribution in [0.1, 0.15) is 18.4 Å². The third-order valence-electron chi connectivity index (χ3n) is 2.96. The highest BCUT2D eigenvalue weighted by molar-refractivity contribution is 9.10. The summed E-state index contributed by atoms with van der Waals surface area (Å²) in [5.41, 5.74) is 1.72. The molecular weight excluding hydrogens is 273 g/mol. The summed E-state index contributed by atoms with van der Waals surface area (Å²) in [5.74, 6) is 0.790. The molecule has 0 spiro atoms. The number of hydrogen-bond acceptors (Lipinski definition) is 1. The number of nitrogens with one attached hydrogen (secondary N) is 1. The second kappa shape index (κ2) is 4.86. The fraction of sp³-hybridized carbons (Fsp3) is 0.500. The highest BCUT2D eigenvalue weighted by Crippen LogP contribution is 2.45. The van der Waals surface area contributed by atoms with Crippen molar-refractivity contribution in [2.45, 2.75) is 19.4 Å². The maximum atomic E-state index is 5.92. The zero-order chi connectivity index (χ0) is 10.7. The molecule has 3 heteroatoms. The van der Waals surface area contributed by atoms with Gasteiger partial charge in [0.05, 0.1) is 0 Å². The molecule has 1 nitrogen and oxygen atoms in total. The Labute approximate surface area is 104 Å². The van der Waals surface area contributed by atoms with Gasteiger partial charge in [0.1, 0.15) is 0 Å².